The molecule has 0 unspecified atom stereocenters. The van der Waals surface area contributed by atoms with E-state index in [0.717, 1.165) is 12.4 Å². The highest BCUT2D eigenvalue weighted by molar-refractivity contribution is 5.85. The second kappa shape index (κ2) is 6.67. The summed E-state index contributed by atoms with van der Waals surface area (Å²) in [5.74, 6) is 1.48. The van der Waals surface area contributed by atoms with Crippen LogP contribution in [-0.2, 0) is 14.3 Å². The van der Waals surface area contributed by atoms with Crippen molar-refractivity contribution < 1.29 is 19.0 Å². The Morgan fingerprint density at radius 2 is 2.39 bits per heavy atom. The molecule has 0 spiro atoms. The Morgan fingerprint density at radius 1 is 1.52 bits per heavy atom. The minimum absolute atomic E-state index is 0.0283. The van der Waals surface area contributed by atoms with E-state index in [0.29, 0.717) is 38.8 Å². The van der Waals surface area contributed by atoms with Gasteiger partial charge >= 0.3 is 0 Å². The van der Waals surface area contributed by atoms with Gasteiger partial charge in [0, 0.05) is 38.7 Å². The van der Waals surface area contributed by atoms with Gasteiger partial charge in [-0.1, -0.05) is 0 Å². The summed E-state index contributed by atoms with van der Waals surface area (Å²) in [6.45, 7) is 3.35. The molecule has 3 heterocycles. The largest absolute Gasteiger partial charge is 0.481 e. The fourth-order valence-electron chi connectivity index (χ4n) is 3.29. The van der Waals surface area contributed by atoms with Gasteiger partial charge in [-0.3, -0.25) is 4.79 Å². The number of hydrogen-bond acceptors (Lipinski definition) is 7. The van der Waals surface area contributed by atoms with Gasteiger partial charge in [-0.2, -0.15) is 0 Å². The molecule has 2 aliphatic rings. The molecular formula is C15H22N4O4. The zero-order valence-electron chi connectivity index (χ0n) is 13.4. The molecule has 8 nitrogen and oxygen atoms in total. The number of carbonyl (C=O) groups is 1. The maximum atomic E-state index is 12.7. The van der Waals surface area contributed by atoms with Crippen molar-refractivity contribution in [3.05, 3.63) is 12.4 Å². The third-order valence-electron chi connectivity index (χ3n) is 4.58. The molecule has 3 rings (SSSR count). The van der Waals surface area contributed by atoms with Gasteiger partial charge in [0.1, 0.15) is 12.1 Å². The molecule has 2 atom stereocenters. The molecule has 126 valence electrons. The summed E-state index contributed by atoms with van der Waals surface area (Å²) in [6, 6.07) is 1.79. The van der Waals surface area contributed by atoms with Crippen LogP contribution < -0.4 is 15.0 Å². The second-order valence-corrected chi connectivity index (χ2v) is 5.92. The number of fused-ring (bicyclic) bond motifs is 1. The molecule has 23 heavy (non-hydrogen) atoms. The van der Waals surface area contributed by atoms with E-state index >= 15 is 0 Å². The highest BCUT2D eigenvalue weighted by atomic mass is 16.5. The lowest BCUT2D eigenvalue weighted by Crippen LogP contribution is -2.47. The van der Waals surface area contributed by atoms with E-state index in [9.17, 15) is 4.79 Å². The lowest BCUT2D eigenvalue weighted by atomic mass is 9.80. The fraction of sp³-hybridized carbons (Fsp3) is 0.667. The Balaban J connectivity index is 1.75. The van der Waals surface area contributed by atoms with Gasteiger partial charge in [-0.25, -0.2) is 9.97 Å². The van der Waals surface area contributed by atoms with E-state index < -0.39 is 5.41 Å². The molecule has 0 saturated carbocycles. The second-order valence-electron chi connectivity index (χ2n) is 5.92. The molecule has 0 radical (unpaired) electrons. The van der Waals surface area contributed by atoms with E-state index in [4.69, 9.17) is 14.2 Å². The molecule has 1 N–H and O–H groups in total. The summed E-state index contributed by atoms with van der Waals surface area (Å²) >= 11 is 0. The Kier molecular flexibility index (Phi) is 4.63. The van der Waals surface area contributed by atoms with Crippen molar-refractivity contribution in [3.8, 4) is 5.88 Å². The topological polar surface area (TPSA) is 85.8 Å². The van der Waals surface area contributed by atoms with Crippen LogP contribution in [0.1, 0.15) is 0 Å². The number of hydrogen-bond donors (Lipinski definition) is 1. The molecule has 0 bridgehead atoms. The van der Waals surface area contributed by atoms with E-state index in [1.54, 1.807) is 20.3 Å². The van der Waals surface area contributed by atoms with Crippen LogP contribution in [0.4, 0.5) is 5.82 Å². The Bertz CT molecular complexity index is 570. The van der Waals surface area contributed by atoms with Gasteiger partial charge in [0.05, 0.1) is 32.3 Å². The number of nitrogens with zero attached hydrogens (tertiary/aromatic N) is 3. The number of nitrogens with one attached hydrogen (secondary N) is 1. The molecule has 0 aromatic carbocycles. The van der Waals surface area contributed by atoms with Crippen LogP contribution in [0.5, 0.6) is 5.88 Å². The highest BCUT2D eigenvalue weighted by Crippen LogP contribution is 2.42. The van der Waals surface area contributed by atoms with Gasteiger partial charge in [0.15, 0.2) is 0 Å². The average Bonchev–Trinajstić information content (AvgIpc) is 3.13. The monoisotopic (exact) mass is 322 g/mol. The molecule has 1 amide bonds. The molecular weight excluding hydrogens is 300 g/mol. The maximum Gasteiger partial charge on any atom is 0.230 e. The van der Waals surface area contributed by atoms with Crippen molar-refractivity contribution in [2.24, 2.45) is 11.3 Å². The minimum Gasteiger partial charge on any atom is -0.481 e. The normalized spacial score (nSPS) is 26.2. The van der Waals surface area contributed by atoms with Crippen LogP contribution in [0, 0.1) is 11.3 Å². The van der Waals surface area contributed by atoms with Crippen LogP contribution in [0.15, 0.2) is 12.4 Å². The molecule has 2 saturated heterocycles. The first kappa shape index (κ1) is 15.9. The number of amides is 1. The van der Waals surface area contributed by atoms with Crippen LogP contribution in [-0.4, -0.2) is 69.5 Å². The summed E-state index contributed by atoms with van der Waals surface area (Å²) in [4.78, 5) is 23.1. The lowest BCUT2D eigenvalue weighted by molar-refractivity contribution is -0.131. The van der Waals surface area contributed by atoms with Crippen molar-refractivity contribution in [2.45, 2.75) is 0 Å². The molecule has 1 aromatic rings. The molecule has 1 aromatic heterocycles. The van der Waals surface area contributed by atoms with E-state index in [1.807, 2.05) is 0 Å². The van der Waals surface area contributed by atoms with Crippen LogP contribution in [0.25, 0.3) is 0 Å². The van der Waals surface area contributed by atoms with Gasteiger partial charge < -0.3 is 24.4 Å². The summed E-state index contributed by atoms with van der Waals surface area (Å²) in [7, 11) is 3.19. The SMILES string of the molecule is COCCNC(=O)[C@@]12COC[C@@H]1CN(c1cc(OC)ncn1)C2. The quantitative estimate of drug-likeness (QED) is 0.720. The predicted octanol–water partition coefficient (Wildman–Crippen LogP) is -0.299. The number of methoxy groups -OCH3 is 2. The number of ether oxygens (including phenoxy) is 3. The van der Waals surface area contributed by atoms with Crippen molar-refractivity contribution in [2.75, 3.05) is 58.6 Å². The molecule has 8 heteroatoms. The Morgan fingerprint density at radius 3 is 3.17 bits per heavy atom. The number of anilines is 1. The third kappa shape index (κ3) is 2.96. The third-order valence-corrected chi connectivity index (χ3v) is 4.58. The smallest absolute Gasteiger partial charge is 0.230 e. The minimum atomic E-state index is -0.522. The number of carbonyl (C=O) groups excluding carboxylic acids is 1. The Labute approximate surface area is 135 Å². The van der Waals surface area contributed by atoms with Gasteiger partial charge in [-0.15, -0.1) is 0 Å². The standard InChI is InChI=1S/C15H22N4O4/c1-21-4-3-16-14(20)15-8-19(6-11(15)7-23-9-15)12-5-13(22-2)18-10-17-12/h5,10-11H,3-4,6-9H2,1-2H3,(H,16,20)/t11-,15-/m0/s1. The predicted molar refractivity (Wildman–Crippen MR) is 82.4 cm³/mol. The molecule has 2 aliphatic heterocycles. The molecule has 0 aliphatic carbocycles. The van der Waals surface area contributed by atoms with Gasteiger partial charge in [-0.05, 0) is 0 Å². The summed E-state index contributed by atoms with van der Waals surface area (Å²) in [5.41, 5.74) is -0.522. The molecule has 2 fully saturated rings. The zero-order chi connectivity index (χ0) is 16.3. The van der Waals surface area contributed by atoms with Crippen molar-refractivity contribution >= 4 is 11.7 Å². The van der Waals surface area contributed by atoms with Gasteiger partial charge in [0.2, 0.25) is 11.8 Å². The first-order valence-electron chi connectivity index (χ1n) is 7.65. The van der Waals surface area contributed by atoms with Crippen LogP contribution >= 0.6 is 0 Å². The zero-order valence-corrected chi connectivity index (χ0v) is 13.4. The first-order valence-corrected chi connectivity index (χ1v) is 7.65. The van der Waals surface area contributed by atoms with Crippen LogP contribution in [0.3, 0.4) is 0 Å². The number of rotatable bonds is 6. The fourth-order valence-corrected chi connectivity index (χ4v) is 3.29. The Hall–Kier alpha value is -1.93. The van der Waals surface area contributed by atoms with Gasteiger partial charge in [0.25, 0.3) is 0 Å². The van der Waals surface area contributed by atoms with Crippen molar-refractivity contribution in [3.63, 3.8) is 0 Å². The van der Waals surface area contributed by atoms with Crippen LogP contribution in [0.2, 0.25) is 0 Å². The maximum absolute atomic E-state index is 12.7. The summed E-state index contributed by atoms with van der Waals surface area (Å²) in [6.07, 6.45) is 1.48. The first-order chi connectivity index (χ1) is 11.2. The lowest BCUT2D eigenvalue weighted by Gasteiger charge is -2.26. The van der Waals surface area contributed by atoms with Crippen molar-refractivity contribution in [1.82, 2.24) is 15.3 Å². The highest BCUT2D eigenvalue weighted by Gasteiger charge is 2.56. The van der Waals surface area contributed by atoms with E-state index in [2.05, 4.69) is 20.2 Å². The average molecular weight is 322 g/mol. The number of aromatic nitrogens is 2. The van der Waals surface area contributed by atoms with E-state index in [1.165, 1.54) is 6.33 Å². The summed E-state index contributed by atoms with van der Waals surface area (Å²) < 4.78 is 15.7. The van der Waals surface area contributed by atoms with E-state index in [-0.39, 0.29) is 11.8 Å². The van der Waals surface area contributed by atoms with Crippen molar-refractivity contribution in [1.29, 1.82) is 0 Å². The summed E-state index contributed by atoms with van der Waals surface area (Å²) in [5, 5.41) is 2.95.